The molecule has 2 aliphatic heterocycles. The highest BCUT2D eigenvalue weighted by molar-refractivity contribution is 6.15. The third kappa shape index (κ3) is 4.05. The first-order chi connectivity index (χ1) is 22.3. The van der Waals surface area contributed by atoms with Crippen molar-refractivity contribution in [3.05, 3.63) is 118 Å². The van der Waals surface area contributed by atoms with Gasteiger partial charge in [-0.05, 0) is 128 Å². The number of rotatable bonds is 6. The molecular weight excluding hydrogens is 584 g/mol. The second kappa shape index (κ2) is 9.88. The number of carbonyl (C=O) groups is 4. The molecule has 0 saturated heterocycles. The lowest BCUT2D eigenvalue weighted by Crippen LogP contribution is -2.56. The van der Waals surface area contributed by atoms with Crippen LogP contribution in [0.4, 0.5) is 0 Å². The van der Waals surface area contributed by atoms with Gasteiger partial charge in [-0.3, -0.25) is 0 Å². The summed E-state index contributed by atoms with van der Waals surface area (Å²) in [7, 11) is 0. The van der Waals surface area contributed by atoms with E-state index in [1.807, 2.05) is 24.3 Å². The summed E-state index contributed by atoms with van der Waals surface area (Å²) >= 11 is 0. The molecule has 6 aliphatic rings. The van der Waals surface area contributed by atoms with Gasteiger partial charge in [-0.2, -0.15) is 0 Å². The predicted octanol–water partition coefficient (Wildman–Crippen LogP) is 7.63. The van der Waals surface area contributed by atoms with Crippen LogP contribution in [0.25, 0.3) is 0 Å². The van der Waals surface area contributed by atoms with Gasteiger partial charge in [-0.1, -0.05) is 24.3 Å². The summed E-state index contributed by atoms with van der Waals surface area (Å²) in [6, 6.07) is 26.2. The Kier molecular flexibility index (Phi) is 5.82. The molecule has 228 valence electrons. The Bertz CT molecular complexity index is 1820. The monoisotopic (exact) mass is 612 g/mol. The molecule has 4 fully saturated rings. The average Bonchev–Trinajstić information content (AvgIpc) is 3.50. The number of carbonyl (C=O) groups excluding carboxylic acids is 4. The first kappa shape index (κ1) is 27.1. The van der Waals surface area contributed by atoms with E-state index >= 15 is 0 Å². The summed E-state index contributed by atoms with van der Waals surface area (Å²) in [4.78, 5) is 47.7. The van der Waals surface area contributed by atoms with E-state index in [1.165, 1.54) is 43.2 Å². The van der Waals surface area contributed by atoms with Gasteiger partial charge >= 0.3 is 23.9 Å². The number of cyclic esters (lactones) is 4. The molecule has 0 spiro atoms. The summed E-state index contributed by atoms with van der Waals surface area (Å²) in [6.07, 6.45) is 6.23. The maximum absolute atomic E-state index is 12.0. The quantitative estimate of drug-likeness (QED) is 0.162. The highest BCUT2D eigenvalue weighted by atomic mass is 16.6. The molecule has 4 aliphatic carbocycles. The minimum atomic E-state index is -0.658. The van der Waals surface area contributed by atoms with Gasteiger partial charge in [0, 0.05) is 5.41 Å². The highest BCUT2D eigenvalue weighted by Gasteiger charge is 2.58. The van der Waals surface area contributed by atoms with Gasteiger partial charge in [0.15, 0.2) is 0 Å². The van der Waals surface area contributed by atoms with Crippen LogP contribution in [0, 0.1) is 23.7 Å². The van der Waals surface area contributed by atoms with Crippen molar-refractivity contribution in [2.75, 3.05) is 0 Å². The van der Waals surface area contributed by atoms with E-state index in [2.05, 4.69) is 24.3 Å². The van der Waals surface area contributed by atoms with Gasteiger partial charge in [-0.25, -0.2) is 19.2 Å². The van der Waals surface area contributed by atoms with Crippen molar-refractivity contribution in [2.45, 2.75) is 37.5 Å². The Morgan fingerprint density at radius 1 is 0.457 bits per heavy atom. The fraction of sp³-hybridized carbons (Fsp3) is 0.263. The van der Waals surface area contributed by atoms with Crippen LogP contribution < -0.4 is 9.47 Å². The lowest BCUT2D eigenvalue weighted by Gasteiger charge is -2.62. The molecule has 0 amide bonds. The summed E-state index contributed by atoms with van der Waals surface area (Å²) in [5, 5.41) is 0. The molecule has 0 N–H and O–H groups in total. The third-order valence-corrected chi connectivity index (χ3v) is 10.8. The fourth-order valence-corrected chi connectivity index (χ4v) is 9.16. The number of benzene rings is 4. The zero-order valence-electron chi connectivity index (χ0n) is 24.7. The fourth-order valence-electron chi connectivity index (χ4n) is 9.16. The van der Waals surface area contributed by atoms with Crippen molar-refractivity contribution in [3.63, 3.8) is 0 Å². The van der Waals surface area contributed by atoms with Gasteiger partial charge in [-0.15, -0.1) is 0 Å². The molecule has 0 atom stereocenters. The molecule has 0 unspecified atom stereocenters. The summed E-state index contributed by atoms with van der Waals surface area (Å²) in [6.45, 7) is 0. The Hall–Kier alpha value is -5.24. The van der Waals surface area contributed by atoms with Gasteiger partial charge < -0.3 is 18.9 Å². The lowest BCUT2D eigenvalue weighted by atomic mass is 9.42. The number of ether oxygens (including phenoxy) is 4. The second-order valence-electron chi connectivity index (χ2n) is 13.2. The second-order valence-corrected chi connectivity index (χ2v) is 13.2. The molecule has 0 aromatic heterocycles. The summed E-state index contributed by atoms with van der Waals surface area (Å²) in [5.41, 5.74) is 3.34. The van der Waals surface area contributed by atoms with Crippen molar-refractivity contribution in [1.82, 2.24) is 0 Å². The van der Waals surface area contributed by atoms with Crippen LogP contribution in [0.2, 0.25) is 0 Å². The van der Waals surface area contributed by atoms with Crippen molar-refractivity contribution >= 4 is 23.9 Å². The molecule has 4 saturated carbocycles. The number of hydrogen-bond donors (Lipinski definition) is 0. The van der Waals surface area contributed by atoms with Crippen LogP contribution >= 0.6 is 0 Å². The predicted molar refractivity (Wildman–Crippen MR) is 163 cm³/mol. The lowest BCUT2D eigenvalue weighted by molar-refractivity contribution is -0.0418. The highest BCUT2D eigenvalue weighted by Crippen LogP contribution is 2.65. The Morgan fingerprint density at radius 2 is 0.826 bits per heavy atom. The SMILES string of the molecule is O=C1OC(=O)c2cc(Oc3ccc(C4(c5ccc(Oc6ccc7c(c6)C(=O)OC7=O)cc5)C5CC6CC(C5)CC4C6)cc3)ccc21. The van der Waals surface area contributed by atoms with E-state index < -0.39 is 23.9 Å². The van der Waals surface area contributed by atoms with E-state index in [4.69, 9.17) is 18.9 Å². The van der Waals surface area contributed by atoms with E-state index in [0.29, 0.717) is 34.8 Å². The number of hydrogen-bond acceptors (Lipinski definition) is 8. The molecule has 8 nitrogen and oxygen atoms in total. The minimum absolute atomic E-state index is 0.139. The molecule has 46 heavy (non-hydrogen) atoms. The first-order valence-electron chi connectivity index (χ1n) is 15.7. The number of fused-ring (bicyclic) bond motifs is 2. The first-order valence-corrected chi connectivity index (χ1v) is 15.7. The van der Waals surface area contributed by atoms with Crippen LogP contribution in [0.5, 0.6) is 23.0 Å². The van der Waals surface area contributed by atoms with Gasteiger partial charge in [0.25, 0.3) is 0 Å². The Morgan fingerprint density at radius 3 is 1.24 bits per heavy atom. The van der Waals surface area contributed by atoms with E-state index in [1.54, 1.807) is 36.4 Å². The van der Waals surface area contributed by atoms with E-state index in [9.17, 15) is 19.2 Å². The zero-order valence-corrected chi connectivity index (χ0v) is 24.7. The van der Waals surface area contributed by atoms with Crippen LogP contribution in [-0.4, -0.2) is 23.9 Å². The molecule has 4 aromatic rings. The standard InChI is InChI=1S/C38H28O8/c39-34-30-11-9-28(18-32(30)36(41)45-34)43-26-5-1-22(2-6-26)38(24-14-20-13-21(16-24)17-25(38)15-20)23-3-7-27(8-4-23)44-29-10-12-31-33(19-29)37(42)46-35(31)40/h1-12,18-21,24-25H,13-17H2. The van der Waals surface area contributed by atoms with Crippen LogP contribution in [0.1, 0.15) is 84.7 Å². The van der Waals surface area contributed by atoms with Crippen molar-refractivity contribution in [2.24, 2.45) is 23.7 Å². The molecule has 4 bridgehead atoms. The van der Waals surface area contributed by atoms with Crippen molar-refractivity contribution in [1.29, 1.82) is 0 Å². The smallest absolute Gasteiger partial charge is 0.347 e. The van der Waals surface area contributed by atoms with E-state index in [-0.39, 0.29) is 27.7 Å². The van der Waals surface area contributed by atoms with Crippen LogP contribution in [-0.2, 0) is 14.9 Å². The molecule has 10 rings (SSSR count). The Balaban J connectivity index is 1.02. The summed E-state index contributed by atoms with van der Waals surface area (Å²) < 4.78 is 21.7. The minimum Gasteiger partial charge on any atom is -0.457 e. The van der Waals surface area contributed by atoms with Crippen LogP contribution in [0.15, 0.2) is 84.9 Å². The molecule has 2 heterocycles. The van der Waals surface area contributed by atoms with Crippen LogP contribution in [0.3, 0.4) is 0 Å². The van der Waals surface area contributed by atoms with Crippen molar-refractivity contribution in [3.8, 4) is 23.0 Å². The maximum Gasteiger partial charge on any atom is 0.347 e. The normalized spacial score (nSPS) is 24.8. The third-order valence-electron chi connectivity index (χ3n) is 10.8. The van der Waals surface area contributed by atoms with E-state index in [0.717, 1.165) is 11.8 Å². The average molecular weight is 613 g/mol. The van der Waals surface area contributed by atoms with Gasteiger partial charge in [0.2, 0.25) is 0 Å². The zero-order chi connectivity index (χ0) is 31.2. The Labute approximate surface area is 264 Å². The van der Waals surface area contributed by atoms with Crippen molar-refractivity contribution < 1.29 is 38.1 Å². The molecule has 4 aromatic carbocycles. The largest absolute Gasteiger partial charge is 0.457 e. The molecule has 0 radical (unpaired) electrons. The molecule has 8 heteroatoms. The van der Waals surface area contributed by atoms with Gasteiger partial charge in [0.1, 0.15) is 23.0 Å². The molecular formula is C38H28O8. The topological polar surface area (TPSA) is 105 Å². The summed E-state index contributed by atoms with van der Waals surface area (Å²) in [5.74, 6) is 2.26. The number of esters is 4. The maximum atomic E-state index is 12.0. The van der Waals surface area contributed by atoms with Gasteiger partial charge in [0.05, 0.1) is 22.3 Å².